The van der Waals surface area contributed by atoms with E-state index in [1.807, 2.05) is 37.3 Å². The molecule has 0 amide bonds. The highest BCUT2D eigenvalue weighted by Gasteiger charge is 2.05. The van der Waals surface area contributed by atoms with Crippen molar-refractivity contribution in [2.75, 3.05) is 12.4 Å². The monoisotopic (exact) mass is 295 g/mol. The van der Waals surface area contributed by atoms with E-state index in [4.69, 9.17) is 27.9 Å². The summed E-state index contributed by atoms with van der Waals surface area (Å²) >= 11 is 12.1. The van der Waals surface area contributed by atoms with Crippen molar-refractivity contribution >= 4 is 28.9 Å². The third-order valence-electron chi connectivity index (χ3n) is 2.93. The Balaban J connectivity index is 2.12. The van der Waals surface area contributed by atoms with Gasteiger partial charge < -0.3 is 10.1 Å². The Labute approximate surface area is 123 Å². The van der Waals surface area contributed by atoms with Gasteiger partial charge in [-0.25, -0.2) is 0 Å². The number of ether oxygens (including phenoxy) is 1. The normalized spacial score (nSPS) is 10.3. The van der Waals surface area contributed by atoms with E-state index >= 15 is 0 Å². The highest BCUT2D eigenvalue weighted by atomic mass is 35.5. The van der Waals surface area contributed by atoms with E-state index < -0.39 is 0 Å². The number of rotatable bonds is 4. The Bertz CT molecular complexity index is 584. The van der Waals surface area contributed by atoms with Gasteiger partial charge in [-0.05, 0) is 42.3 Å². The molecule has 0 aliphatic carbocycles. The number of methoxy groups -OCH3 is 1. The van der Waals surface area contributed by atoms with Crippen LogP contribution in [0.1, 0.15) is 11.1 Å². The van der Waals surface area contributed by atoms with Crippen molar-refractivity contribution in [1.29, 1.82) is 0 Å². The lowest BCUT2D eigenvalue weighted by Crippen LogP contribution is -2.02. The summed E-state index contributed by atoms with van der Waals surface area (Å²) in [6.45, 7) is 2.66. The summed E-state index contributed by atoms with van der Waals surface area (Å²) < 4.78 is 5.18. The molecule has 0 aliphatic rings. The highest BCUT2D eigenvalue weighted by Crippen LogP contribution is 2.27. The van der Waals surface area contributed by atoms with E-state index in [1.165, 1.54) is 0 Å². The van der Waals surface area contributed by atoms with Gasteiger partial charge in [-0.15, -0.1) is 0 Å². The summed E-state index contributed by atoms with van der Waals surface area (Å²) in [7, 11) is 1.66. The van der Waals surface area contributed by atoms with E-state index in [0.717, 1.165) is 22.6 Å². The molecule has 2 nitrogen and oxygen atoms in total. The van der Waals surface area contributed by atoms with Gasteiger partial charge in [0.25, 0.3) is 0 Å². The van der Waals surface area contributed by atoms with Crippen molar-refractivity contribution in [3.05, 3.63) is 57.6 Å². The summed E-state index contributed by atoms with van der Waals surface area (Å²) in [6.07, 6.45) is 0. The fraction of sp³-hybridized carbons (Fsp3) is 0.200. The van der Waals surface area contributed by atoms with Crippen LogP contribution in [0.25, 0.3) is 0 Å². The molecule has 19 heavy (non-hydrogen) atoms. The van der Waals surface area contributed by atoms with Crippen molar-refractivity contribution in [3.63, 3.8) is 0 Å². The highest BCUT2D eigenvalue weighted by molar-refractivity contribution is 6.42. The summed E-state index contributed by atoms with van der Waals surface area (Å²) in [6, 6.07) is 11.5. The van der Waals surface area contributed by atoms with Gasteiger partial charge in [0.15, 0.2) is 0 Å². The lowest BCUT2D eigenvalue weighted by Gasteiger charge is -2.12. The molecule has 0 bridgehead atoms. The van der Waals surface area contributed by atoms with Crippen LogP contribution in [-0.2, 0) is 6.54 Å². The molecule has 2 rings (SSSR count). The number of aryl methyl sites for hydroxylation is 1. The first-order valence-electron chi connectivity index (χ1n) is 5.93. The lowest BCUT2D eigenvalue weighted by molar-refractivity contribution is 0.414. The van der Waals surface area contributed by atoms with Crippen LogP contribution in [0.5, 0.6) is 5.75 Å². The van der Waals surface area contributed by atoms with Crippen LogP contribution >= 0.6 is 23.2 Å². The minimum Gasteiger partial charge on any atom is -0.497 e. The molecule has 4 heteroatoms. The minimum absolute atomic E-state index is 0.576. The molecule has 0 unspecified atom stereocenters. The van der Waals surface area contributed by atoms with E-state index in [1.54, 1.807) is 13.2 Å². The zero-order valence-corrected chi connectivity index (χ0v) is 12.3. The Morgan fingerprint density at radius 1 is 1.16 bits per heavy atom. The van der Waals surface area contributed by atoms with Crippen molar-refractivity contribution in [1.82, 2.24) is 0 Å². The molecule has 0 aromatic heterocycles. The maximum atomic E-state index is 6.15. The average Bonchev–Trinajstić information content (AvgIpc) is 2.41. The molecule has 100 valence electrons. The molecular weight excluding hydrogens is 281 g/mol. The van der Waals surface area contributed by atoms with Crippen LogP contribution in [0.3, 0.4) is 0 Å². The fourth-order valence-corrected chi connectivity index (χ4v) is 2.22. The maximum Gasteiger partial charge on any atom is 0.119 e. The fourth-order valence-electron chi connectivity index (χ4n) is 1.84. The van der Waals surface area contributed by atoms with Crippen LogP contribution in [0, 0.1) is 6.92 Å². The predicted octanol–water partition coefficient (Wildman–Crippen LogP) is 4.92. The summed E-state index contributed by atoms with van der Waals surface area (Å²) in [5.41, 5.74) is 3.15. The number of anilines is 1. The zero-order chi connectivity index (χ0) is 13.8. The third-order valence-corrected chi connectivity index (χ3v) is 3.79. The minimum atomic E-state index is 0.576. The Kier molecular flexibility index (Phi) is 4.56. The number of benzene rings is 2. The molecule has 0 spiro atoms. The summed E-state index contributed by atoms with van der Waals surface area (Å²) in [5, 5.41) is 4.53. The molecule has 0 saturated carbocycles. The SMILES string of the molecule is COc1ccc(NCc2cccc(Cl)c2Cl)c(C)c1. The quantitative estimate of drug-likeness (QED) is 0.864. The number of hydrogen-bond acceptors (Lipinski definition) is 2. The summed E-state index contributed by atoms with van der Waals surface area (Å²) in [4.78, 5) is 0. The van der Waals surface area contributed by atoms with E-state index in [0.29, 0.717) is 16.6 Å². The van der Waals surface area contributed by atoms with E-state index in [9.17, 15) is 0 Å². The third kappa shape index (κ3) is 3.34. The Hall–Kier alpha value is -1.38. The van der Waals surface area contributed by atoms with Crippen molar-refractivity contribution in [2.24, 2.45) is 0 Å². The number of hydrogen-bond donors (Lipinski definition) is 1. The van der Waals surface area contributed by atoms with Gasteiger partial charge in [0, 0.05) is 12.2 Å². The van der Waals surface area contributed by atoms with Gasteiger partial charge in [0.05, 0.1) is 17.2 Å². The van der Waals surface area contributed by atoms with Crippen molar-refractivity contribution in [3.8, 4) is 5.75 Å². The number of nitrogens with one attached hydrogen (secondary N) is 1. The van der Waals surface area contributed by atoms with Gasteiger partial charge in [-0.1, -0.05) is 35.3 Å². The Morgan fingerprint density at radius 3 is 2.63 bits per heavy atom. The van der Waals surface area contributed by atoms with Crippen molar-refractivity contribution < 1.29 is 4.74 Å². The summed E-state index contributed by atoms with van der Waals surface area (Å²) in [5.74, 6) is 0.851. The average molecular weight is 296 g/mol. The van der Waals surface area contributed by atoms with E-state index in [-0.39, 0.29) is 0 Å². The van der Waals surface area contributed by atoms with Crippen molar-refractivity contribution in [2.45, 2.75) is 13.5 Å². The molecule has 0 aliphatic heterocycles. The first-order chi connectivity index (χ1) is 9.11. The topological polar surface area (TPSA) is 21.3 Å². The first-order valence-corrected chi connectivity index (χ1v) is 6.69. The van der Waals surface area contributed by atoms with Crippen LogP contribution in [0.4, 0.5) is 5.69 Å². The van der Waals surface area contributed by atoms with Crippen LogP contribution in [0.15, 0.2) is 36.4 Å². The first kappa shape index (κ1) is 14.0. The largest absolute Gasteiger partial charge is 0.497 e. The van der Waals surface area contributed by atoms with Crippen LogP contribution in [-0.4, -0.2) is 7.11 Å². The van der Waals surface area contributed by atoms with E-state index in [2.05, 4.69) is 5.32 Å². The van der Waals surface area contributed by atoms with Gasteiger partial charge in [0.1, 0.15) is 5.75 Å². The second-order valence-corrected chi connectivity index (χ2v) is 5.03. The predicted molar refractivity (Wildman–Crippen MR) is 81.5 cm³/mol. The molecule has 0 heterocycles. The zero-order valence-electron chi connectivity index (χ0n) is 10.8. The smallest absolute Gasteiger partial charge is 0.119 e. The molecule has 0 saturated heterocycles. The molecule has 0 fully saturated rings. The molecular formula is C15H15Cl2NO. The molecule has 2 aromatic carbocycles. The Morgan fingerprint density at radius 2 is 1.95 bits per heavy atom. The number of halogens is 2. The maximum absolute atomic E-state index is 6.15. The van der Waals surface area contributed by atoms with Gasteiger partial charge in [0.2, 0.25) is 0 Å². The van der Waals surface area contributed by atoms with Gasteiger partial charge in [-0.2, -0.15) is 0 Å². The van der Waals surface area contributed by atoms with Crippen LogP contribution < -0.4 is 10.1 Å². The molecule has 0 atom stereocenters. The second-order valence-electron chi connectivity index (χ2n) is 4.25. The molecule has 1 N–H and O–H groups in total. The standard InChI is InChI=1S/C15H15Cl2NO/c1-10-8-12(19-2)6-7-14(10)18-9-11-4-3-5-13(16)15(11)17/h3-8,18H,9H2,1-2H3. The van der Waals surface area contributed by atoms with Gasteiger partial charge in [-0.3, -0.25) is 0 Å². The van der Waals surface area contributed by atoms with Gasteiger partial charge >= 0.3 is 0 Å². The van der Waals surface area contributed by atoms with Crippen LogP contribution in [0.2, 0.25) is 10.0 Å². The molecule has 0 radical (unpaired) electrons. The lowest BCUT2D eigenvalue weighted by atomic mass is 10.1. The second kappa shape index (κ2) is 6.18. The molecule has 2 aromatic rings.